The Kier molecular flexibility index (Phi) is 9.08. The van der Waals surface area contributed by atoms with Crippen LogP contribution in [-0.2, 0) is 17.6 Å². The van der Waals surface area contributed by atoms with Crippen molar-refractivity contribution in [3.63, 3.8) is 0 Å². The van der Waals surface area contributed by atoms with E-state index in [1.807, 2.05) is 36.4 Å². The predicted molar refractivity (Wildman–Crippen MR) is 106 cm³/mol. The molecule has 27 heavy (non-hydrogen) atoms. The highest BCUT2D eigenvalue weighted by molar-refractivity contribution is 5.35. The van der Waals surface area contributed by atoms with Gasteiger partial charge in [0.2, 0.25) is 6.86 Å². The summed E-state index contributed by atoms with van der Waals surface area (Å²) in [5, 5.41) is 0. The van der Waals surface area contributed by atoms with Crippen molar-refractivity contribution in [1.29, 1.82) is 0 Å². The minimum Gasteiger partial charge on any atom is -0.491 e. The van der Waals surface area contributed by atoms with Gasteiger partial charge in [0.05, 0.1) is 6.10 Å². The van der Waals surface area contributed by atoms with Gasteiger partial charge in [0.1, 0.15) is 18.1 Å². The van der Waals surface area contributed by atoms with Crippen LogP contribution in [0.5, 0.6) is 11.5 Å². The highest BCUT2D eigenvalue weighted by atomic mass is 19.1. The first kappa shape index (κ1) is 21.2. The lowest BCUT2D eigenvalue weighted by Crippen LogP contribution is -2.26. The molecular weight excluding hydrogens is 345 g/mol. The first-order chi connectivity index (χ1) is 13.1. The second-order valence-electron chi connectivity index (χ2n) is 6.77. The van der Waals surface area contributed by atoms with E-state index in [1.165, 1.54) is 0 Å². The molecule has 0 fully saturated rings. The monoisotopic (exact) mass is 375 g/mol. The number of benzene rings is 2. The van der Waals surface area contributed by atoms with E-state index in [0.717, 1.165) is 42.7 Å². The zero-order chi connectivity index (χ0) is 19.5. The molecule has 0 radical (unpaired) electrons. The average Bonchev–Trinajstić information content (AvgIpc) is 2.67. The fourth-order valence-corrected chi connectivity index (χ4v) is 2.84. The van der Waals surface area contributed by atoms with Crippen molar-refractivity contribution >= 4 is 0 Å². The van der Waals surface area contributed by atoms with E-state index in [1.54, 1.807) is 13.2 Å². The molecule has 0 heterocycles. The smallest absolute Gasteiger partial charge is 0.228 e. The molecule has 0 amide bonds. The van der Waals surface area contributed by atoms with Crippen LogP contribution in [0.15, 0.2) is 48.5 Å². The summed E-state index contributed by atoms with van der Waals surface area (Å²) in [6.45, 7) is 0.677. The van der Waals surface area contributed by atoms with Crippen LogP contribution in [0.4, 0.5) is 4.39 Å². The maximum absolute atomic E-state index is 12.3. The Morgan fingerprint density at radius 3 is 2.56 bits per heavy atom. The molecule has 5 heteroatoms. The van der Waals surface area contributed by atoms with E-state index >= 15 is 0 Å². The van der Waals surface area contributed by atoms with Gasteiger partial charge in [-0.1, -0.05) is 30.3 Å². The topological polar surface area (TPSA) is 30.9 Å². The molecule has 0 saturated carbocycles. The van der Waals surface area contributed by atoms with Crippen molar-refractivity contribution in [3.8, 4) is 11.5 Å². The molecule has 0 aromatic heterocycles. The molecule has 0 aliphatic heterocycles. The fourth-order valence-electron chi connectivity index (χ4n) is 2.84. The average molecular weight is 375 g/mol. The molecule has 4 nitrogen and oxygen atoms in total. The number of hydrogen-bond donors (Lipinski definition) is 0. The summed E-state index contributed by atoms with van der Waals surface area (Å²) in [6, 6.07) is 15.6. The molecular formula is C22H30FNO3. The van der Waals surface area contributed by atoms with E-state index in [4.69, 9.17) is 14.2 Å². The Morgan fingerprint density at radius 2 is 1.81 bits per heavy atom. The van der Waals surface area contributed by atoms with Crippen molar-refractivity contribution in [2.75, 3.05) is 41.2 Å². The highest BCUT2D eigenvalue weighted by Gasteiger charge is 2.11. The number of methoxy groups -OCH3 is 1. The van der Waals surface area contributed by atoms with Crippen LogP contribution < -0.4 is 9.47 Å². The summed E-state index contributed by atoms with van der Waals surface area (Å²) >= 11 is 0. The maximum atomic E-state index is 12.3. The normalized spacial score (nSPS) is 12.2. The van der Waals surface area contributed by atoms with Gasteiger partial charge in [-0.15, -0.1) is 0 Å². The van der Waals surface area contributed by atoms with Crippen LogP contribution in [0, 0.1) is 0 Å². The number of hydrogen-bond acceptors (Lipinski definition) is 4. The van der Waals surface area contributed by atoms with Crippen LogP contribution in [0.25, 0.3) is 0 Å². The van der Waals surface area contributed by atoms with Crippen LogP contribution in [0.1, 0.15) is 17.5 Å². The molecule has 0 aliphatic rings. The number of aryl methyl sites for hydroxylation is 2. The maximum Gasteiger partial charge on any atom is 0.228 e. The number of ether oxygens (including phenoxy) is 3. The van der Waals surface area contributed by atoms with Crippen molar-refractivity contribution in [1.82, 2.24) is 4.90 Å². The van der Waals surface area contributed by atoms with E-state index < -0.39 is 6.86 Å². The lowest BCUT2D eigenvalue weighted by molar-refractivity contribution is 0.0469. The number of halogens is 1. The van der Waals surface area contributed by atoms with Gasteiger partial charge in [-0.2, -0.15) is 0 Å². The van der Waals surface area contributed by atoms with E-state index in [-0.39, 0.29) is 6.10 Å². The summed E-state index contributed by atoms with van der Waals surface area (Å²) in [6.07, 6.45) is 2.66. The standard InChI is InChI=1S/C22H30FNO3/c1-24(2)14-13-21(25-3)16-26-22-10-5-4-8-19(22)12-11-18-7-6-9-20(15-18)27-17-23/h4-10,15,21H,11-14,16-17H2,1-3H3/t21-/m1/s1. The molecule has 0 unspecified atom stereocenters. The third-order valence-electron chi connectivity index (χ3n) is 4.43. The minimum atomic E-state index is -0.811. The SMILES string of the molecule is CO[C@H](CCN(C)C)COc1ccccc1CCc1cccc(OCF)c1. The summed E-state index contributed by atoms with van der Waals surface area (Å²) < 4.78 is 28.9. The van der Waals surface area contributed by atoms with Crippen LogP contribution in [0.2, 0.25) is 0 Å². The zero-order valence-electron chi connectivity index (χ0n) is 16.5. The van der Waals surface area contributed by atoms with Crippen LogP contribution in [0.3, 0.4) is 0 Å². The van der Waals surface area contributed by atoms with Gasteiger partial charge in [-0.25, -0.2) is 4.39 Å². The molecule has 0 N–H and O–H groups in total. The summed E-state index contributed by atoms with van der Waals surface area (Å²) in [5.41, 5.74) is 2.26. The first-order valence-electron chi connectivity index (χ1n) is 9.28. The minimum absolute atomic E-state index is 0.0648. The molecule has 0 spiro atoms. The summed E-state index contributed by atoms with van der Waals surface area (Å²) in [7, 11) is 5.83. The highest BCUT2D eigenvalue weighted by Crippen LogP contribution is 2.22. The van der Waals surface area contributed by atoms with E-state index in [9.17, 15) is 4.39 Å². The fraction of sp³-hybridized carbons (Fsp3) is 0.455. The van der Waals surface area contributed by atoms with Crippen LogP contribution >= 0.6 is 0 Å². The summed E-state index contributed by atoms with van der Waals surface area (Å²) in [5.74, 6) is 1.45. The lowest BCUT2D eigenvalue weighted by atomic mass is 10.0. The predicted octanol–water partition coefficient (Wildman–Crippen LogP) is 4.12. The Labute approximate surface area is 161 Å². The van der Waals surface area contributed by atoms with Gasteiger partial charge in [-0.3, -0.25) is 0 Å². The van der Waals surface area contributed by atoms with E-state index in [2.05, 4.69) is 25.1 Å². The molecule has 0 aliphatic carbocycles. The quantitative estimate of drug-likeness (QED) is 0.558. The van der Waals surface area contributed by atoms with Crippen molar-refractivity contribution in [2.24, 2.45) is 0 Å². The Balaban J connectivity index is 1.93. The number of nitrogens with zero attached hydrogens (tertiary/aromatic N) is 1. The van der Waals surface area contributed by atoms with Crippen molar-refractivity contribution in [3.05, 3.63) is 59.7 Å². The molecule has 0 saturated heterocycles. The Morgan fingerprint density at radius 1 is 1.00 bits per heavy atom. The number of rotatable bonds is 12. The largest absolute Gasteiger partial charge is 0.491 e. The van der Waals surface area contributed by atoms with Crippen LogP contribution in [-0.4, -0.2) is 52.2 Å². The van der Waals surface area contributed by atoms with Gasteiger partial charge in [0, 0.05) is 13.7 Å². The van der Waals surface area contributed by atoms with Crippen molar-refractivity contribution < 1.29 is 18.6 Å². The first-order valence-corrected chi connectivity index (χ1v) is 9.28. The van der Waals surface area contributed by atoms with Gasteiger partial charge < -0.3 is 19.1 Å². The molecule has 1 atom stereocenters. The second-order valence-corrected chi connectivity index (χ2v) is 6.77. The van der Waals surface area contributed by atoms with Crippen molar-refractivity contribution in [2.45, 2.75) is 25.4 Å². The molecule has 0 bridgehead atoms. The Hall–Kier alpha value is -2.11. The summed E-state index contributed by atoms with van der Waals surface area (Å²) in [4.78, 5) is 2.14. The molecule has 2 rings (SSSR count). The lowest BCUT2D eigenvalue weighted by Gasteiger charge is -2.19. The molecule has 2 aromatic carbocycles. The van der Waals surface area contributed by atoms with Gasteiger partial charge >= 0.3 is 0 Å². The molecule has 2 aromatic rings. The third-order valence-corrected chi connectivity index (χ3v) is 4.43. The Bertz CT molecular complexity index is 678. The zero-order valence-corrected chi connectivity index (χ0v) is 16.5. The van der Waals surface area contributed by atoms with Gasteiger partial charge in [-0.05, 0) is 62.7 Å². The van der Waals surface area contributed by atoms with Gasteiger partial charge in [0.15, 0.2) is 0 Å². The number of alkyl halides is 1. The van der Waals surface area contributed by atoms with E-state index in [0.29, 0.717) is 12.4 Å². The second kappa shape index (κ2) is 11.6. The molecule has 148 valence electrons. The third kappa shape index (κ3) is 7.57. The number of para-hydroxylation sites is 1. The van der Waals surface area contributed by atoms with Gasteiger partial charge in [0.25, 0.3) is 0 Å².